The molecular weight excluding hydrogens is 332 g/mol. The van der Waals surface area contributed by atoms with Crippen LogP contribution in [-0.2, 0) is 4.79 Å². The first-order valence-corrected chi connectivity index (χ1v) is 8.22. The van der Waals surface area contributed by atoms with Crippen LogP contribution in [-0.4, -0.2) is 26.4 Å². The number of amides is 1. The molecule has 7 heteroatoms. The number of carbonyl (C=O) groups excluding carboxylic acids is 1. The number of para-hydroxylation sites is 1. The topological polar surface area (TPSA) is 59.8 Å². The molecule has 2 aromatic carbocycles. The van der Waals surface area contributed by atoms with Crippen LogP contribution in [0.5, 0.6) is 0 Å². The molecule has 0 bridgehead atoms. The summed E-state index contributed by atoms with van der Waals surface area (Å²) < 4.78 is 1.80. The van der Waals surface area contributed by atoms with E-state index >= 15 is 0 Å². The Kier molecular flexibility index (Phi) is 4.95. The lowest BCUT2D eigenvalue weighted by atomic mass is 10.3. The number of hydrogen-bond donors (Lipinski definition) is 1. The number of carbonyl (C=O) groups is 1. The number of benzene rings is 2. The van der Waals surface area contributed by atoms with E-state index in [-0.39, 0.29) is 11.7 Å². The third-order valence-corrected chi connectivity index (χ3v) is 4.17. The number of rotatable bonds is 5. The zero-order valence-corrected chi connectivity index (χ0v) is 13.6. The van der Waals surface area contributed by atoms with Crippen LogP contribution < -0.4 is 5.32 Å². The maximum absolute atomic E-state index is 12.0. The van der Waals surface area contributed by atoms with Crippen LogP contribution in [0.1, 0.15) is 0 Å². The Labute approximate surface area is 142 Å². The zero-order valence-electron chi connectivity index (χ0n) is 12.0. The van der Waals surface area contributed by atoms with E-state index < -0.39 is 0 Å². The molecule has 0 radical (unpaired) electrons. The zero-order chi connectivity index (χ0) is 16.1. The van der Waals surface area contributed by atoms with E-state index in [9.17, 15) is 4.79 Å². The predicted octanol–water partition coefficient (Wildman–Crippen LogP) is 3.65. The third kappa shape index (κ3) is 4.12. The van der Waals surface area contributed by atoms with Gasteiger partial charge in [0.1, 0.15) is 6.33 Å². The van der Waals surface area contributed by atoms with Crippen molar-refractivity contribution in [2.75, 3.05) is 11.1 Å². The van der Waals surface area contributed by atoms with E-state index in [1.54, 1.807) is 17.0 Å². The fraction of sp³-hybridized carbons (Fsp3) is 0.0625. The van der Waals surface area contributed by atoms with Gasteiger partial charge in [-0.3, -0.25) is 9.36 Å². The molecule has 0 atom stereocenters. The van der Waals surface area contributed by atoms with Gasteiger partial charge in [0.15, 0.2) is 5.16 Å². The van der Waals surface area contributed by atoms with Gasteiger partial charge in [-0.2, -0.15) is 0 Å². The van der Waals surface area contributed by atoms with Crippen LogP contribution in [0.4, 0.5) is 5.69 Å². The Hall–Kier alpha value is -2.31. The molecule has 3 aromatic rings. The molecule has 1 heterocycles. The summed E-state index contributed by atoms with van der Waals surface area (Å²) in [7, 11) is 0. The molecule has 1 N–H and O–H groups in total. The van der Waals surface area contributed by atoms with E-state index in [4.69, 9.17) is 11.6 Å². The lowest BCUT2D eigenvalue weighted by Crippen LogP contribution is -2.14. The summed E-state index contributed by atoms with van der Waals surface area (Å²) in [6.45, 7) is 0. The van der Waals surface area contributed by atoms with Crippen LogP contribution in [0.2, 0.25) is 5.02 Å². The lowest BCUT2D eigenvalue weighted by Gasteiger charge is -2.07. The van der Waals surface area contributed by atoms with Crippen molar-refractivity contribution in [3.8, 4) is 5.69 Å². The van der Waals surface area contributed by atoms with Gasteiger partial charge in [0, 0.05) is 10.7 Å². The quantitative estimate of drug-likeness (QED) is 0.718. The van der Waals surface area contributed by atoms with Crippen molar-refractivity contribution < 1.29 is 4.79 Å². The van der Waals surface area contributed by atoms with Gasteiger partial charge in [0.2, 0.25) is 5.91 Å². The summed E-state index contributed by atoms with van der Waals surface area (Å²) in [5.74, 6) is 0.149. The highest BCUT2D eigenvalue weighted by atomic mass is 35.5. The fourth-order valence-corrected chi connectivity index (χ4v) is 2.89. The lowest BCUT2D eigenvalue weighted by molar-refractivity contribution is -0.113. The molecular formula is C16H13ClN4OS. The molecule has 0 aliphatic rings. The second-order valence-corrected chi connectivity index (χ2v) is 6.05. The summed E-state index contributed by atoms with van der Waals surface area (Å²) in [5, 5.41) is 12.1. The molecule has 1 aromatic heterocycles. The molecule has 5 nitrogen and oxygen atoms in total. The molecule has 0 saturated carbocycles. The number of hydrogen-bond acceptors (Lipinski definition) is 4. The van der Waals surface area contributed by atoms with Gasteiger partial charge in [0.05, 0.1) is 11.4 Å². The second-order valence-electron chi connectivity index (χ2n) is 4.67. The van der Waals surface area contributed by atoms with Gasteiger partial charge < -0.3 is 5.32 Å². The molecule has 0 fully saturated rings. The summed E-state index contributed by atoms with van der Waals surface area (Å²) in [6, 6.07) is 16.7. The van der Waals surface area contributed by atoms with Crippen LogP contribution in [0.3, 0.4) is 0 Å². The number of thioether (sulfide) groups is 1. The van der Waals surface area contributed by atoms with Crippen LogP contribution in [0.15, 0.2) is 66.1 Å². The second kappa shape index (κ2) is 7.30. The van der Waals surface area contributed by atoms with Crippen LogP contribution in [0.25, 0.3) is 5.69 Å². The first kappa shape index (κ1) is 15.6. The molecule has 0 aliphatic carbocycles. The molecule has 116 valence electrons. The molecule has 0 unspecified atom stereocenters. The first-order chi connectivity index (χ1) is 11.2. The Morgan fingerprint density at radius 1 is 1.17 bits per heavy atom. The van der Waals surface area contributed by atoms with Gasteiger partial charge in [-0.05, 0) is 30.3 Å². The maximum Gasteiger partial charge on any atom is 0.234 e. The third-order valence-electron chi connectivity index (χ3n) is 2.99. The average molecular weight is 345 g/mol. The predicted molar refractivity (Wildman–Crippen MR) is 92.2 cm³/mol. The van der Waals surface area contributed by atoms with E-state index in [1.165, 1.54) is 11.8 Å². The number of nitrogens with zero attached hydrogens (tertiary/aromatic N) is 3. The van der Waals surface area contributed by atoms with E-state index in [1.807, 2.05) is 48.5 Å². The summed E-state index contributed by atoms with van der Waals surface area (Å²) in [5.41, 5.74) is 1.63. The highest BCUT2D eigenvalue weighted by Gasteiger charge is 2.10. The number of halogens is 1. The minimum atomic E-state index is -0.0955. The van der Waals surface area contributed by atoms with Crippen LogP contribution >= 0.6 is 23.4 Å². The smallest absolute Gasteiger partial charge is 0.234 e. The molecule has 0 spiro atoms. The Bertz CT molecular complexity index is 807. The monoisotopic (exact) mass is 344 g/mol. The minimum Gasteiger partial charge on any atom is -0.325 e. The average Bonchev–Trinajstić information content (AvgIpc) is 3.02. The molecule has 1 amide bonds. The van der Waals surface area contributed by atoms with E-state index in [2.05, 4.69) is 15.5 Å². The van der Waals surface area contributed by atoms with Crippen molar-refractivity contribution in [1.82, 2.24) is 14.8 Å². The van der Waals surface area contributed by atoms with Crippen molar-refractivity contribution >= 4 is 35.0 Å². The van der Waals surface area contributed by atoms with Crippen molar-refractivity contribution in [3.63, 3.8) is 0 Å². The van der Waals surface area contributed by atoms with Crippen molar-refractivity contribution in [2.45, 2.75) is 5.16 Å². The number of nitrogens with one attached hydrogen (secondary N) is 1. The largest absolute Gasteiger partial charge is 0.325 e. The number of aromatic nitrogens is 3. The highest BCUT2D eigenvalue weighted by Crippen LogP contribution is 2.21. The summed E-state index contributed by atoms with van der Waals surface area (Å²) in [6.07, 6.45) is 1.60. The Morgan fingerprint density at radius 2 is 2.00 bits per heavy atom. The molecule has 0 aliphatic heterocycles. The van der Waals surface area contributed by atoms with Gasteiger partial charge >= 0.3 is 0 Å². The Balaban J connectivity index is 1.65. The highest BCUT2D eigenvalue weighted by molar-refractivity contribution is 7.99. The Morgan fingerprint density at radius 3 is 2.78 bits per heavy atom. The summed E-state index contributed by atoms with van der Waals surface area (Å²) in [4.78, 5) is 12.0. The fourth-order valence-electron chi connectivity index (χ4n) is 1.97. The molecule has 0 saturated heterocycles. The van der Waals surface area contributed by atoms with Crippen molar-refractivity contribution in [3.05, 3.63) is 65.9 Å². The SMILES string of the molecule is O=C(CSc1nncn1-c1cccc(Cl)c1)Nc1ccccc1. The van der Waals surface area contributed by atoms with Gasteiger partial charge in [-0.1, -0.05) is 47.6 Å². The van der Waals surface area contributed by atoms with E-state index in [0.29, 0.717) is 10.2 Å². The maximum atomic E-state index is 12.0. The standard InChI is InChI=1S/C16H13ClN4OS/c17-12-5-4-8-14(9-12)21-11-18-20-16(21)23-10-15(22)19-13-6-2-1-3-7-13/h1-9,11H,10H2,(H,19,22). The normalized spacial score (nSPS) is 10.5. The van der Waals surface area contributed by atoms with Gasteiger partial charge in [0.25, 0.3) is 0 Å². The molecule has 23 heavy (non-hydrogen) atoms. The molecule has 3 rings (SSSR count). The number of anilines is 1. The van der Waals surface area contributed by atoms with Crippen molar-refractivity contribution in [2.24, 2.45) is 0 Å². The van der Waals surface area contributed by atoms with Gasteiger partial charge in [-0.25, -0.2) is 0 Å². The van der Waals surface area contributed by atoms with E-state index in [0.717, 1.165) is 11.4 Å². The van der Waals surface area contributed by atoms with Crippen molar-refractivity contribution in [1.29, 1.82) is 0 Å². The first-order valence-electron chi connectivity index (χ1n) is 6.86. The van der Waals surface area contributed by atoms with Gasteiger partial charge in [-0.15, -0.1) is 10.2 Å². The van der Waals surface area contributed by atoms with Crippen LogP contribution in [0, 0.1) is 0 Å². The summed E-state index contributed by atoms with van der Waals surface area (Å²) >= 11 is 7.32. The minimum absolute atomic E-state index is 0.0955.